The Morgan fingerprint density at radius 3 is 1.23 bits per heavy atom. The molecule has 140 valence electrons. The maximum atomic E-state index is 2.35. The van der Waals surface area contributed by atoms with E-state index in [9.17, 15) is 0 Å². The summed E-state index contributed by atoms with van der Waals surface area (Å²) in [5.41, 5.74) is 11.6. The largest absolute Gasteiger partial charge is 0.378 e. The van der Waals surface area contributed by atoms with Crippen LogP contribution in [0, 0.1) is 0 Å². The van der Waals surface area contributed by atoms with Crippen molar-refractivity contribution in [2.75, 3.05) is 38.0 Å². The fraction of sp³-hybridized carbons (Fsp3) is 0.417. The van der Waals surface area contributed by atoms with Gasteiger partial charge in [-0.25, -0.2) is 0 Å². The van der Waals surface area contributed by atoms with Gasteiger partial charge in [-0.2, -0.15) is 0 Å². The molecule has 0 heterocycles. The molecule has 0 amide bonds. The van der Waals surface area contributed by atoms with Crippen molar-refractivity contribution in [1.29, 1.82) is 0 Å². The highest BCUT2D eigenvalue weighted by Crippen LogP contribution is 2.47. The molecule has 0 spiro atoms. The van der Waals surface area contributed by atoms with Crippen LogP contribution in [0.15, 0.2) is 36.4 Å². The van der Waals surface area contributed by atoms with Crippen molar-refractivity contribution in [2.24, 2.45) is 0 Å². The smallest absolute Gasteiger partial charge is 0.0364 e. The third-order valence-electron chi connectivity index (χ3n) is 4.96. The van der Waals surface area contributed by atoms with E-state index in [-0.39, 0.29) is 0 Å². The van der Waals surface area contributed by atoms with E-state index in [0.717, 1.165) is 12.8 Å². The molecule has 0 N–H and O–H groups in total. The minimum atomic E-state index is 1.08. The molecule has 2 aliphatic rings. The van der Waals surface area contributed by atoms with E-state index in [0.29, 0.717) is 0 Å². The molecule has 0 fully saturated rings. The molecule has 0 saturated heterocycles. The van der Waals surface area contributed by atoms with Crippen molar-refractivity contribution in [1.82, 2.24) is 0 Å². The van der Waals surface area contributed by atoms with Crippen molar-refractivity contribution < 1.29 is 0 Å². The molecular formula is C24H34N2. The molecule has 0 unspecified atom stereocenters. The average Bonchev–Trinajstić information content (AvgIpc) is 3.19. The maximum Gasteiger partial charge on any atom is 0.0364 e. The second-order valence-electron chi connectivity index (χ2n) is 6.78. The Balaban J connectivity index is 0.000000570. The number of benzene rings is 2. The monoisotopic (exact) mass is 350 g/mol. The molecular weight excluding hydrogens is 316 g/mol. The van der Waals surface area contributed by atoms with Gasteiger partial charge in [-0.15, -0.1) is 0 Å². The molecule has 0 aliphatic heterocycles. The van der Waals surface area contributed by atoms with E-state index in [1.165, 1.54) is 33.6 Å². The van der Waals surface area contributed by atoms with Crippen LogP contribution in [-0.4, -0.2) is 28.2 Å². The molecule has 2 aliphatic carbocycles. The molecule has 2 heteroatoms. The molecule has 2 aromatic rings. The number of hydrogen-bond acceptors (Lipinski definition) is 2. The molecule has 2 aromatic carbocycles. The highest BCUT2D eigenvalue weighted by atomic mass is 15.1. The lowest BCUT2D eigenvalue weighted by atomic mass is 9.98. The predicted octanol–water partition coefficient (Wildman–Crippen LogP) is 5.89. The second kappa shape index (κ2) is 8.44. The van der Waals surface area contributed by atoms with E-state index in [1.54, 1.807) is 11.1 Å². The molecule has 0 radical (unpaired) electrons. The molecule has 4 rings (SSSR count). The Hall–Kier alpha value is -2.22. The number of fused-ring (bicyclic) bond motifs is 4. The van der Waals surface area contributed by atoms with Gasteiger partial charge in [0.2, 0.25) is 0 Å². The van der Waals surface area contributed by atoms with Gasteiger partial charge in [0.05, 0.1) is 0 Å². The topological polar surface area (TPSA) is 6.48 Å². The summed E-state index contributed by atoms with van der Waals surface area (Å²) in [4.78, 5) is 4.36. The lowest BCUT2D eigenvalue weighted by molar-refractivity contribution is 1.11. The zero-order chi connectivity index (χ0) is 19.4. The van der Waals surface area contributed by atoms with E-state index >= 15 is 0 Å². The van der Waals surface area contributed by atoms with Gasteiger partial charge in [0.25, 0.3) is 0 Å². The number of anilines is 2. The van der Waals surface area contributed by atoms with Crippen LogP contribution >= 0.6 is 0 Å². The predicted molar refractivity (Wildman–Crippen MR) is 118 cm³/mol. The summed E-state index contributed by atoms with van der Waals surface area (Å²) in [6.07, 6.45) is 2.17. The van der Waals surface area contributed by atoms with E-state index in [4.69, 9.17) is 0 Å². The van der Waals surface area contributed by atoms with Crippen molar-refractivity contribution in [3.8, 4) is 0 Å². The van der Waals surface area contributed by atoms with Crippen LogP contribution in [0.5, 0.6) is 0 Å². The average molecular weight is 351 g/mol. The van der Waals surface area contributed by atoms with Crippen LogP contribution in [0.2, 0.25) is 0 Å². The zero-order valence-electron chi connectivity index (χ0n) is 17.8. The summed E-state index contributed by atoms with van der Waals surface area (Å²) < 4.78 is 0. The Labute approximate surface area is 160 Å². The van der Waals surface area contributed by atoms with Crippen molar-refractivity contribution in [3.63, 3.8) is 0 Å². The Morgan fingerprint density at radius 2 is 0.923 bits per heavy atom. The molecule has 0 atom stereocenters. The third-order valence-corrected chi connectivity index (χ3v) is 4.96. The van der Waals surface area contributed by atoms with Crippen LogP contribution in [0.4, 0.5) is 11.4 Å². The van der Waals surface area contributed by atoms with Gasteiger partial charge in [-0.05, 0) is 70.5 Å². The fourth-order valence-electron chi connectivity index (χ4n) is 3.71. The summed E-state index contributed by atoms with van der Waals surface area (Å²) in [5, 5.41) is 0. The number of allylic oxidation sites excluding steroid dienone is 2. The summed E-state index contributed by atoms with van der Waals surface area (Å²) in [7, 11) is 8.43. The lowest BCUT2D eigenvalue weighted by Crippen LogP contribution is -2.09. The summed E-state index contributed by atoms with van der Waals surface area (Å²) in [5.74, 6) is 0. The molecule has 0 bridgehead atoms. The second-order valence-corrected chi connectivity index (χ2v) is 6.78. The molecule has 0 saturated carbocycles. The van der Waals surface area contributed by atoms with Gasteiger partial charge in [0.1, 0.15) is 0 Å². The fourth-order valence-corrected chi connectivity index (χ4v) is 3.71. The SMILES string of the molecule is CC.CC.CN(C)c1ccc2c(c1)CC1=C2Cc2cc(N(C)C)ccc21. The first kappa shape index (κ1) is 20.1. The van der Waals surface area contributed by atoms with Gasteiger partial charge < -0.3 is 9.80 Å². The van der Waals surface area contributed by atoms with Gasteiger partial charge in [-0.3, -0.25) is 0 Å². The highest BCUT2D eigenvalue weighted by molar-refractivity contribution is 6.02. The summed E-state index contributed by atoms with van der Waals surface area (Å²) >= 11 is 0. The Morgan fingerprint density at radius 1 is 0.577 bits per heavy atom. The summed E-state index contributed by atoms with van der Waals surface area (Å²) in [6, 6.07) is 13.8. The standard InChI is InChI=1S/C20H22N2.2C2H6/c1-21(2)15-5-7-17-13(9-15)11-19-18-8-6-16(22(3)4)10-14(18)12-20(17)19;2*1-2/h5-10H,11-12H2,1-4H3;2*1-2H3. The Bertz CT molecular complexity index is 730. The normalized spacial score (nSPS) is 12.9. The molecule has 26 heavy (non-hydrogen) atoms. The van der Waals surface area contributed by atoms with Crippen LogP contribution in [0.1, 0.15) is 49.9 Å². The first-order chi connectivity index (χ1) is 12.5. The number of rotatable bonds is 2. The van der Waals surface area contributed by atoms with Crippen LogP contribution in [-0.2, 0) is 12.8 Å². The van der Waals surface area contributed by atoms with Gasteiger partial charge >= 0.3 is 0 Å². The minimum absolute atomic E-state index is 1.08. The van der Waals surface area contributed by atoms with Gasteiger partial charge in [0.15, 0.2) is 0 Å². The third kappa shape index (κ3) is 3.51. The maximum absolute atomic E-state index is 2.35. The first-order valence-electron chi connectivity index (χ1n) is 9.88. The quantitative estimate of drug-likeness (QED) is 0.666. The van der Waals surface area contributed by atoms with E-state index in [2.05, 4.69) is 74.4 Å². The van der Waals surface area contributed by atoms with Gasteiger partial charge in [-0.1, -0.05) is 39.8 Å². The zero-order valence-corrected chi connectivity index (χ0v) is 17.8. The number of hydrogen-bond donors (Lipinski definition) is 0. The van der Waals surface area contributed by atoms with Crippen LogP contribution in [0.25, 0.3) is 11.1 Å². The van der Waals surface area contributed by atoms with Crippen molar-refractivity contribution >= 4 is 22.5 Å². The summed E-state index contributed by atoms with van der Waals surface area (Å²) in [6.45, 7) is 8.00. The Kier molecular flexibility index (Phi) is 6.52. The van der Waals surface area contributed by atoms with Gasteiger partial charge in [0, 0.05) is 39.6 Å². The highest BCUT2D eigenvalue weighted by Gasteiger charge is 2.29. The van der Waals surface area contributed by atoms with Crippen LogP contribution in [0.3, 0.4) is 0 Å². The first-order valence-corrected chi connectivity index (χ1v) is 9.88. The van der Waals surface area contributed by atoms with Crippen LogP contribution < -0.4 is 9.80 Å². The number of nitrogens with zero attached hydrogens (tertiary/aromatic N) is 2. The van der Waals surface area contributed by atoms with E-state index < -0.39 is 0 Å². The van der Waals surface area contributed by atoms with E-state index in [1.807, 2.05) is 27.7 Å². The molecule has 0 aromatic heterocycles. The van der Waals surface area contributed by atoms with Crippen molar-refractivity contribution in [3.05, 3.63) is 58.7 Å². The van der Waals surface area contributed by atoms with Crippen molar-refractivity contribution in [2.45, 2.75) is 40.5 Å². The lowest BCUT2D eigenvalue weighted by Gasteiger charge is -2.16. The molecule has 2 nitrogen and oxygen atoms in total. The minimum Gasteiger partial charge on any atom is -0.378 e.